The molecule has 66 valence electrons. The van der Waals surface area contributed by atoms with Crippen LogP contribution in [0.5, 0.6) is 0 Å². The Morgan fingerprint density at radius 1 is 1.08 bits per heavy atom. The largest absolute Gasteiger partial charge is 0.155 e. The maximum absolute atomic E-state index is 4.17. The van der Waals surface area contributed by atoms with Crippen molar-refractivity contribution in [2.24, 2.45) is 0 Å². The lowest BCUT2D eigenvalue weighted by atomic mass is 10.1. The van der Waals surface area contributed by atoms with Gasteiger partial charge in [0.2, 0.25) is 0 Å². The molecule has 1 aromatic heterocycles. The first-order chi connectivity index (χ1) is 6.33. The van der Waals surface area contributed by atoms with Crippen LogP contribution in [0.2, 0.25) is 0 Å². The lowest BCUT2D eigenvalue weighted by molar-refractivity contribution is 0.916. The summed E-state index contributed by atoms with van der Waals surface area (Å²) in [6.45, 7) is 4.10. The molecule has 13 heavy (non-hydrogen) atoms. The highest BCUT2D eigenvalue weighted by Gasteiger charge is 2.02. The Morgan fingerprint density at radius 3 is 2.46 bits per heavy atom. The fourth-order valence-corrected chi connectivity index (χ4v) is 1.55. The fourth-order valence-electron chi connectivity index (χ4n) is 1.55. The molecule has 0 N–H and O–H groups in total. The average Bonchev–Trinajstić information content (AvgIpc) is 2.19. The van der Waals surface area contributed by atoms with Crippen LogP contribution in [0.4, 0.5) is 0 Å². The molecule has 0 unspecified atom stereocenters. The van der Waals surface area contributed by atoms with E-state index in [1.54, 1.807) is 0 Å². The molecule has 2 rings (SSSR count). The third kappa shape index (κ3) is 1.28. The van der Waals surface area contributed by atoms with Crippen LogP contribution < -0.4 is 0 Å². The summed E-state index contributed by atoms with van der Waals surface area (Å²) in [4.78, 5) is 0. The summed E-state index contributed by atoms with van der Waals surface area (Å²) in [6, 6.07) is 8.29. The molecule has 2 heteroatoms. The molecule has 2 nitrogen and oxygen atoms in total. The minimum Gasteiger partial charge on any atom is -0.155 e. The van der Waals surface area contributed by atoms with Gasteiger partial charge in [0.1, 0.15) is 0 Å². The van der Waals surface area contributed by atoms with Crippen LogP contribution in [0.1, 0.15) is 18.3 Å². The van der Waals surface area contributed by atoms with E-state index in [0.29, 0.717) is 0 Å². The van der Waals surface area contributed by atoms with Crippen molar-refractivity contribution >= 4 is 10.8 Å². The summed E-state index contributed by atoms with van der Waals surface area (Å²) in [5.41, 5.74) is 2.09. The highest BCUT2D eigenvalue weighted by Crippen LogP contribution is 2.18. The molecule has 1 aromatic carbocycles. The first kappa shape index (κ1) is 8.17. The minimum absolute atomic E-state index is 0.938. The van der Waals surface area contributed by atoms with Crippen LogP contribution in [0.3, 0.4) is 0 Å². The summed E-state index contributed by atoms with van der Waals surface area (Å²) in [5.74, 6) is 0. The Hall–Kier alpha value is -1.44. The van der Waals surface area contributed by atoms with Gasteiger partial charge >= 0.3 is 0 Å². The van der Waals surface area contributed by atoms with Crippen molar-refractivity contribution in [2.75, 3.05) is 0 Å². The van der Waals surface area contributed by atoms with Crippen molar-refractivity contribution in [3.8, 4) is 0 Å². The molecule has 0 aliphatic rings. The molecule has 2 aromatic rings. The van der Waals surface area contributed by atoms with Gasteiger partial charge in [-0.3, -0.25) is 0 Å². The standard InChI is InChI=1S/C11H12N2/c1-3-11-10-7-5-4-6-9(10)8(2)12-13-11/h4-7H,3H2,1-2H3. The zero-order valence-electron chi connectivity index (χ0n) is 7.91. The monoisotopic (exact) mass is 172 g/mol. The maximum atomic E-state index is 4.17. The third-order valence-corrected chi connectivity index (χ3v) is 2.28. The number of hydrogen-bond acceptors (Lipinski definition) is 2. The van der Waals surface area contributed by atoms with Crippen molar-refractivity contribution in [1.82, 2.24) is 10.2 Å². The molecule has 0 fully saturated rings. The predicted octanol–water partition coefficient (Wildman–Crippen LogP) is 2.50. The molecule has 0 saturated carbocycles. The van der Waals surface area contributed by atoms with Crippen LogP contribution in [0.25, 0.3) is 10.8 Å². The van der Waals surface area contributed by atoms with Crippen LogP contribution in [-0.4, -0.2) is 10.2 Å². The fraction of sp³-hybridized carbons (Fsp3) is 0.273. The van der Waals surface area contributed by atoms with Gasteiger partial charge in [-0.1, -0.05) is 31.2 Å². The molecule has 0 atom stereocenters. The highest BCUT2D eigenvalue weighted by atomic mass is 15.1. The second kappa shape index (κ2) is 3.13. The minimum atomic E-state index is 0.938. The Bertz CT molecular complexity index is 435. The molecule has 0 spiro atoms. The first-order valence-electron chi connectivity index (χ1n) is 4.54. The van der Waals surface area contributed by atoms with Crippen molar-refractivity contribution in [1.29, 1.82) is 0 Å². The van der Waals surface area contributed by atoms with E-state index in [2.05, 4.69) is 29.3 Å². The SMILES string of the molecule is CCc1nnc(C)c2ccccc12. The van der Waals surface area contributed by atoms with Crippen LogP contribution in [-0.2, 0) is 6.42 Å². The number of fused-ring (bicyclic) bond motifs is 1. The topological polar surface area (TPSA) is 25.8 Å². The third-order valence-electron chi connectivity index (χ3n) is 2.28. The Labute approximate surface area is 77.6 Å². The van der Waals surface area contributed by atoms with Crippen molar-refractivity contribution in [3.05, 3.63) is 35.7 Å². The van der Waals surface area contributed by atoms with E-state index < -0.39 is 0 Å². The summed E-state index contributed by atoms with van der Waals surface area (Å²) >= 11 is 0. The average molecular weight is 172 g/mol. The summed E-state index contributed by atoms with van der Waals surface area (Å²) in [6.07, 6.45) is 0.938. The molecule has 0 aliphatic carbocycles. The molecular weight excluding hydrogens is 160 g/mol. The number of rotatable bonds is 1. The molecule has 0 radical (unpaired) electrons. The molecule has 0 saturated heterocycles. The normalized spacial score (nSPS) is 10.6. The van der Waals surface area contributed by atoms with Crippen molar-refractivity contribution < 1.29 is 0 Å². The van der Waals surface area contributed by atoms with Gasteiger partial charge in [0.25, 0.3) is 0 Å². The summed E-state index contributed by atoms with van der Waals surface area (Å²) in [7, 11) is 0. The van der Waals surface area contributed by atoms with E-state index in [4.69, 9.17) is 0 Å². The predicted molar refractivity (Wildman–Crippen MR) is 53.7 cm³/mol. The van der Waals surface area contributed by atoms with Gasteiger partial charge in [-0.25, -0.2) is 0 Å². The highest BCUT2D eigenvalue weighted by molar-refractivity contribution is 5.85. The number of hydrogen-bond donors (Lipinski definition) is 0. The van der Waals surface area contributed by atoms with E-state index in [0.717, 1.165) is 17.8 Å². The quantitative estimate of drug-likeness (QED) is 0.660. The lowest BCUT2D eigenvalue weighted by Gasteiger charge is -2.03. The molecular formula is C11H12N2. The van der Waals surface area contributed by atoms with Gasteiger partial charge in [0, 0.05) is 10.8 Å². The lowest BCUT2D eigenvalue weighted by Crippen LogP contribution is -1.95. The molecule has 0 aliphatic heterocycles. The molecule has 0 bridgehead atoms. The smallest absolute Gasteiger partial charge is 0.0706 e. The second-order valence-corrected chi connectivity index (χ2v) is 3.13. The number of aromatic nitrogens is 2. The van der Waals surface area contributed by atoms with Crippen LogP contribution in [0, 0.1) is 6.92 Å². The first-order valence-corrected chi connectivity index (χ1v) is 4.54. The Kier molecular flexibility index (Phi) is 1.97. The van der Waals surface area contributed by atoms with E-state index in [1.807, 2.05) is 19.1 Å². The van der Waals surface area contributed by atoms with E-state index >= 15 is 0 Å². The number of aryl methyl sites for hydroxylation is 2. The molecule has 1 heterocycles. The van der Waals surface area contributed by atoms with Crippen LogP contribution in [0.15, 0.2) is 24.3 Å². The van der Waals surface area contributed by atoms with E-state index in [-0.39, 0.29) is 0 Å². The van der Waals surface area contributed by atoms with Gasteiger partial charge < -0.3 is 0 Å². The molecule has 0 amide bonds. The number of benzene rings is 1. The van der Waals surface area contributed by atoms with Gasteiger partial charge in [0.15, 0.2) is 0 Å². The maximum Gasteiger partial charge on any atom is 0.0706 e. The second-order valence-electron chi connectivity index (χ2n) is 3.13. The van der Waals surface area contributed by atoms with Gasteiger partial charge in [-0.05, 0) is 13.3 Å². The zero-order valence-corrected chi connectivity index (χ0v) is 7.91. The van der Waals surface area contributed by atoms with Gasteiger partial charge in [-0.2, -0.15) is 10.2 Å². The summed E-state index contributed by atoms with van der Waals surface area (Å²) < 4.78 is 0. The van der Waals surface area contributed by atoms with E-state index in [9.17, 15) is 0 Å². The van der Waals surface area contributed by atoms with Crippen molar-refractivity contribution in [3.63, 3.8) is 0 Å². The van der Waals surface area contributed by atoms with Gasteiger partial charge in [-0.15, -0.1) is 0 Å². The Morgan fingerprint density at radius 2 is 1.77 bits per heavy atom. The zero-order chi connectivity index (χ0) is 9.26. The van der Waals surface area contributed by atoms with Crippen molar-refractivity contribution in [2.45, 2.75) is 20.3 Å². The summed E-state index contributed by atoms with van der Waals surface area (Å²) in [5, 5.41) is 10.8. The van der Waals surface area contributed by atoms with Crippen LogP contribution >= 0.6 is 0 Å². The number of nitrogens with zero attached hydrogens (tertiary/aromatic N) is 2. The van der Waals surface area contributed by atoms with Gasteiger partial charge in [0.05, 0.1) is 11.4 Å². The Balaban J connectivity index is 2.84. The van der Waals surface area contributed by atoms with E-state index in [1.165, 1.54) is 10.8 Å².